The first-order valence-electron chi connectivity index (χ1n) is 4.37. The normalized spacial score (nSPS) is 12.5. The summed E-state index contributed by atoms with van der Waals surface area (Å²) in [6, 6.07) is 0. The molecule has 0 aromatic rings. The summed E-state index contributed by atoms with van der Waals surface area (Å²) < 4.78 is 11.6. The van der Waals surface area contributed by atoms with Crippen molar-refractivity contribution in [3.05, 3.63) is 0 Å². The molecule has 0 amide bonds. The zero-order valence-corrected chi connectivity index (χ0v) is 10.6. The van der Waals surface area contributed by atoms with Gasteiger partial charge in [0.25, 0.3) is 0 Å². The average molecular weight is 239 g/mol. The number of hydrogen-bond acceptors (Lipinski definition) is 3. The van der Waals surface area contributed by atoms with Crippen LogP contribution in [-0.4, -0.2) is 32.8 Å². The van der Waals surface area contributed by atoms with E-state index < -0.39 is 10.8 Å². The van der Waals surface area contributed by atoms with Crippen molar-refractivity contribution in [1.82, 2.24) is 5.32 Å². The van der Waals surface area contributed by atoms with Crippen LogP contribution in [0.4, 0.5) is 0 Å². The number of hydrogen-bond donors (Lipinski definition) is 1. The summed E-state index contributed by atoms with van der Waals surface area (Å²) in [7, 11) is -0.649. The van der Waals surface area contributed by atoms with Crippen molar-refractivity contribution in [3.63, 3.8) is 0 Å². The average Bonchev–Trinajstić information content (AvgIpc) is 2.03. The molecule has 0 aromatic carbocycles. The Morgan fingerprint density at radius 3 is 2.77 bits per heavy atom. The lowest BCUT2D eigenvalue weighted by Gasteiger charge is -2.05. The summed E-state index contributed by atoms with van der Waals surface area (Å²) >= 11 is 6.70. The molecule has 0 rings (SSSR count). The first-order valence-corrected chi connectivity index (χ1v) is 7.49. The van der Waals surface area contributed by atoms with Gasteiger partial charge in [-0.05, 0) is 18.6 Å². The van der Waals surface area contributed by atoms with E-state index in [4.69, 9.17) is 12.2 Å². The van der Waals surface area contributed by atoms with Gasteiger partial charge >= 0.3 is 0 Å². The lowest BCUT2D eigenvalue weighted by Crippen LogP contribution is -2.20. The van der Waals surface area contributed by atoms with Crippen LogP contribution in [0.1, 0.15) is 19.8 Å². The highest BCUT2D eigenvalue weighted by Gasteiger charge is 1.95. The summed E-state index contributed by atoms with van der Waals surface area (Å²) in [5.41, 5.74) is 0. The van der Waals surface area contributed by atoms with E-state index in [1.165, 1.54) is 0 Å². The highest BCUT2D eigenvalue weighted by Crippen LogP contribution is 2.00. The molecule has 1 atom stereocenters. The number of thiocarbonyl (C=S) groups is 1. The van der Waals surface area contributed by atoms with Crippen LogP contribution in [0.2, 0.25) is 0 Å². The highest BCUT2D eigenvalue weighted by atomic mass is 32.2. The quantitative estimate of drug-likeness (QED) is 0.565. The second-order valence-corrected chi connectivity index (χ2v) is 6.13. The Morgan fingerprint density at radius 2 is 2.23 bits per heavy atom. The van der Waals surface area contributed by atoms with E-state index in [0.29, 0.717) is 0 Å². The van der Waals surface area contributed by atoms with E-state index in [1.807, 2.05) is 0 Å². The van der Waals surface area contributed by atoms with Crippen LogP contribution in [0.15, 0.2) is 0 Å². The predicted molar refractivity (Wildman–Crippen MR) is 66.9 cm³/mol. The van der Waals surface area contributed by atoms with E-state index in [-0.39, 0.29) is 0 Å². The van der Waals surface area contributed by atoms with Crippen molar-refractivity contribution in [1.29, 1.82) is 0 Å². The first-order chi connectivity index (χ1) is 6.16. The van der Waals surface area contributed by atoms with E-state index in [1.54, 1.807) is 18.0 Å². The minimum absolute atomic E-state index is 0.649. The summed E-state index contributed by atoms with van der Waals surface area (Å²) in [5, 5.41) is 3.15. The standard InChI is InChI=1S/C8H17NOS3/c1-3-12-8(11)9-6-4-5-7-13(2)10/h3-7H2,1-2H3,(H,9,11). The SMILES string of the molecule is CCSC(=S)NCCCCS(C)=O. The lowest BCUT2D eigenvalue weighted by molar-refractivity contribution is 0.680. The molecule has 0 aromatic heterocycles. The third-order valence-electron chi connectivity index (χ3n) is 1.40. The molecule has 0 aliphatic heterocycles. The van der Waals surface area contributed by atoms with E-state index >= 15 is 0 Å². The van der Waals surface area contributed by atoms with Gasteiger partial charge in [-0.25, -0.2) is 0 Å². The van der Waals surface area contributed by atoms with Gasteiger partial charge in [0.05, 0.1) is 0 Å². The summed E-state index contributed by atoms with van der Waals surface area (Å²) in [5.74, 6) is 1.82. The molecule has 13 heavy (non-hydrogen) atoms. The molecular weight excluding hydrogens is 222 g/mol. The molecule has 1 unspecified atom stereocenters. The third kappa shape index (κ3) is 10.3. The van der Waals surface area contributed by atoms with Crippen LogP contribution in [0.25, 0.3) is 0 Å². The molecule has 0 radical (unpaired) electrons. The second-order valence-electron chi connectivity index (χ2n) is 2.63. The van der Waals surface area contributed by atoms with Crippen molar-refractivity contribution < 1.29 is 4.21 Å². The Labute approximate surface area is 92.7 Å². The Balaban J connectivity index is 3.16. The molecule has 78 valence electrons. The van der Waals surface area contributed by atoms with Crippen molar-refractivity contribution in [3.8, 4) is 0 Å². The Hall–Kier alpha value is 0.390. The molecule has 1 N–H and O–H groups in total. The summed E-state index contributed by atoms with van der Waals surface area (Å²) in [6.45, 7) is 2.99. The molecule has 5 heteroatoms. The van der Waals surface area contributed by atoms with Crippen LogP contribution in [0.3, 0.4) is 0 Å². The van der Waals surface area contributed by atoms with Gasteiger partial charge in [-0.15, -0.1) is 0 Å². The maximum atomic E-state index is 10.7. The molecule has 0 saturated carbocycles. The van der Waals surface area contributed by atoms with Crippen LogP contribution in [-0.2, 0) is 10.8 Å². The highest BCUT2D eigenvalue weighted by molar-refractivity contribution is 8.22. The van der Waals surface area contributed by atoms with Gasteiger partial charge in [-0.2, -0.15) is 0 Å². The third-order valence-corrected chi connectivity index (χ3v) is 3.46. The fourth-order valence-corrected chi connectivity index (χ4v) is 2.34. The van der Waals surface area contributed by atoms with Crippen LogP contribution < -0.4 is 5.32 Å². The van der Waals surface area contributed by atoms with Gasteiger partial charge in [0.1, 0.15) is 4.32 Å². The molecule has 0 aliphatic rings. The number of nitrogens with one attached hydrogen (secondary N) is 1. The fraction of sp³-hybridized carbons (Fsp3) is 0.875. The zero-order chi connectivity index (χ0) is 10.1. The van der Waals surface area contributed by atoms with Gasteiger partial charge < -0.3 is 5.32 Å². The van der Waals surface area contributed by atoms with E-state index in [9.17, 15) is 4.21 Å². The predicted octanol–water partition coefficient (Wildman–Crippen LogP) is 1.77. The van der Waals surface area contributed by atoms with Gasteiger partial charge in [0.2, 0.25) is 0 Å². The summed E-state index contributed by atoms with van der Waals surface area (Å²) in [6.07, 6.45) is 3.80. The van der Waals surface area contributed by atoms with Gasteiger partial charge in [0, 0.05) is 29.4 Å². The number of unbranched alkanes of at least 4 members (excludes halogenated alkanes) is 1. The molecule has 0 heterocycles. The Morgan fingerprint density at radius 1 is 1.54 bits per heavy atom. The van der Waals surface area contributed by atoms with Crippen molar-refractivity contribution >= 4 is 39.1 Å². The summed E-state index contributed by atoms with van der Waals surface area (Å²) in [4.78, 5) is 0. The van der Waals surface area contributed by atoms with Crippen LogP contribution in [0, 0.1) is 0 Å². The van der Waals surface area contributed by atoms with Crippen LogP contribution >= 0.6 is 24.0 Å². The fourth-order valence-electron chi connectivity index (χ4n) is 0.803. The van der Waals surface area contributed by atoms with Crippen molar-refractivity contribution in [2.45, 2.75) is 19.8 Å². The maximum absolute atomic E-state index is 10.7. The molecule has 0 saturated heterocycles. The second kappa shape index (κ2) is 8.97. The van der Waals surface area contributed by atoms with Crippen molar-refractivity contribution in [2.75, 3.05) is 24.3 Å². The number of rotatable bonds is 6. The molecule has 0 fully saturated rings. The van der Waals surface area contributed by atoms with Crippen molar-refractivity contribution in [2.24, 2.45) is 0 Å². The first kappa shape index (κ1) is 13.4. The van der Waals surface area contributed by atoms with Crippen LogP contribution in [0.5, 0.6) is 0 Å². The largest absolute Gasteiger partial charge is 0.371 e. The molecule has 0 aliphatic carbocycles. The van der Waals surface area contributed by atoms with E-state index in [2.05, 4.69) is 12.2 Å². The zero-order valence-electron chi connectivity index (χ0n) is 8.17. The lowest BCUT2D eigenvalue weighted by atomic mass is 10.3. The Bertz CT molecular complexity index is 173. The Kier molecular flexibility index (Phi) is 9.23. The molecule has 0 spiro atoms. The number of thioether (sulfide) groups is 1. The smallest absolute Gasteiger partial charge is 0.133 e. The van der Waals surface area contributed by atoms with E-state index in [0.717, 1.165) is 35.2 Å². The minimum Gasteiger partial charge on any atom is -0.371 e. The van der Waals surface area contributed by atoms with Gasteiger partial charge in [0.15, 0.2) is 0 Å². The molecule has 2 nitrogen and oxygen atoms in total. The topological polar surface area (TPSA) is 29.1 Å². The minimum atomic E-state index is -0.649. The van der Waals surface area contributed by atoms with Gasteiger partial charge in [-0.3, -0.25) is 4.21 Å². The molecular formula is C8H17NOS3. The molecule has 0 bridgehead atoms. The maximum Gasteiger partial charge on any atom is 0.133 e. The monoisotopic (exact) mass is 239 g/mol. The van der Waals surface area contributed by atoms with Gasteiger partial charge in [-0.1, -0.05) is 30.9 Å².